The second kappa shape index (κ2) is 6.49. The minimum atomic E-state index is -0.144. The number of nitrogens with zero attached hydrogens (tertiary/aromatic N) is 2. The molecular formula is C13H21N5O. The van der Waals surface area contributed by atoms with Gasteiger partial charge in [0.15, 0.2) is 0 Å². The van der Waals surface area contributed by atoms with Crippen molar-refractivity contribution in [2.45, 2.75) is 25.8 Å². The van der Waals surface area contributed by atoms with E-state index in [4.69, 9.17) is 5.84 Å². The summed E-state index contributed by atoms with van der Waals surface area (Å²) < 4.78 is 0. The lowest BCUT2D eigenvalue weighted by Crippen LogP contribution is -2.40. The second-order valence-electron chi connectivity index (χ2n) is 4.88. The summed E-state index contributed by atoms with van der Waals surface area (Å²) in [5.41, 5.74) is 3.57. The Morgan fingerprint density at radius 3 is 2.79 bits per heavy atom. The van der Waals surface area contributed by atoms with Gasteiger partial charge < -0.3 is 10.7 Å². The first-order valence-corrected chi connectivity index (χ1v) is 6.65. The summed E-state index contributed by atoms with van der Waals surface area (Å²) in [4.78, 5) is 18.4. The maximum Gasteiger partial charge on any atom is 0.269 e. The molecule has 6 heteroatoms. The molecular weight excluding hydrogens is 242 g/mol. The first kappa shape index (κ1) is 13.8. The number of nitrogens with two attached hydrogens (primary N) is 1. The molecule has 0 saturated carbocycles. The van der Waals surface area contributed by atoms with E-state index in [9.17, 15) is 4.79 Å². The summed E-state index contributed by atoms with van der Waals surface area (Å²) in [6, 6.07) is 3.76. The van der Waals surface area contributed by atoms with Gasteiger partial charge in [-0.15, -0.1) is 0 Å². The van der Waals surface area contributed by atoms with E-state index in [2.05, 4.69) is 27.6 Å². The topological polar surface area (TPSA) is 83.3 Å². The van der Waals surface area contributed by atoms with E-state index in [1.165, 1.54) is 12.8 Å². The van der Waals surface area contributed by atoms with Crippen LogP contribution in [0, 0.1) is 0 Å². The standard InChI is InChI=1S/C13H21N5O/c1-10(18-6-2-3-7-18)8-16-13(19)12-5-4-11(17-14)9-15-12/h4-5,9-10,17H,2-3,6-8,14H2,1H3,(H,16,19). The zero-order valence-corrected chi connectivity index (χ0v) is 11.2. The van der Waals surface area contributed by atoms with Crippen LogP contribution in [-0.2, 0) is 0 Å². The molecule has 0 aromatic carbocycles. The third-order valence-corrected chi connectivity index (χ3v) is 3.48. The quantitative estimate of drug-likeness (QED) is 0.535. The molecule has 1 amide bonds. The lowest BCUT2D eigenvalue weighted by molar-refractivity contribution is 0.0935. The molecule has 0 bridgehead atoms. The van der Waals surface area contributed by atoms with Gasteiger partial charge in [0.1, 0.15) is 5.69 Å². The predicted octanol–water partition coefficient (Wildman–Crippen LogP) is 0.581. The maximum absolute atomic E-state index is 11.9. The van der Waals surface area contributed by atoms with E-state index < -0.39 is 0 Å². The molecule has 1 fully saturated rings. The molecule has 2 rings (SSSR count). The molecule has 6 nitrogen and oxygen atoms in total. The van der Waals surface area contributed by atoms with Gasteiger partial charge in [-0.2, -0.15) is 0 Å². The first-order chi connectivity index (χ1) is 9.20. The Balaban J connectivity index is 1.82. The molecule has 0 radical (unpaired) electrons. The van der Waals surface area contributed by atoms with Gasteiger partial charge in [-0.05, 0) is 45.0 Å². The Labute approximate surface area is 113 Å². The fourth-order valence-corrected chi connectivity index (χ4v) is 2.26. The predicted molar refractivity (Wildman–Crippen MR) is 74.6 cm³/mol. The second-order valence-corrected chi connectivity index (χ2v) is 4.88. The van der Waals surface area contributed by atoms with Gasteiger partial charge in [0.05, 0.1) is 11.9 Å². The Morgan fingerprint density at radius 2 is 2.21 bits per heavy atom. The number of anilines is 1. The van der Waals surface area contributed by atoms with E-state index in [0.717, 1.165) is 13.1 Å². The van der Waals surface area contributed by atoms with E-state index in [1.54, 1.807) is 18.3 Å². The summed E-state index contributed by atoms with van der Waals surface area (Å²) in [6.07, 6.45) is 4.06. The van der Waals surface area contributed by atoms with Crippen LogP contribution in [0.4, 0.5) is 5.69 Å². The molecule has 1 aliphatic heterocycles. The molecule has 1 atom stereocenters. The van der Waals surface area contributed by atoms with Crippen molar-refractivity contribution in [3.63, 3.8) is 0 Å². The normalized spacial score (nSPS) is 17.2. The van der Waals surface area contributed by atoms with Gasteiger partial charge >= 0.3 is 0 Å². The van der Waals surface area contributed by atoms with Crippen molar-refractivity contribution < 1.29 is 4.79 Å². The number of pyridine rings is 1. The van der Waals surface area contributed by atoms with E-state index in [0.29, 0.717) is 24.0 Å². The fourth-order valence-electron chi connectivity index (χ4n) is 2.26. The number of rotatable bonds is 5. The van der Waals surface area contributed by atoms with Crippen LogP contribution in [-0.4, -0.2) is 41.5 Å². The van der Waals surface area contributed by atoms with Crippen molar-refractivity contribution in [3.05, 3.63) is 24.0 Å². The highest BCUT2D eigenvalue weighted by Gasteiger charge is 2.18. The minimum Gasteiger partial charge on any atom is -0.349 e. The minimum absolute atomic E-state index is 0.144. The molecule has 1 aromatic rings. The monoisotopic (exact) mass is 263 g/mol. The number of nitrogens with one attached hydrogen (secondary N) is 2. The van der Waals surface area contributed by atoms with Crippen molar-refractivity contribution in [2.24, 2.45) is 5.84 Å². The third-order valence-electron chi connectivity index (χ3n) is 3.48. The van der Waals surface area contributed by atoms with Gasteiger partial charge in [0, 0.05) is 12.6 Å². The number of hydrogen-bond acceptors (Lipinski definition) is 5. The van der Waals surface area contributed by atoms with Crippen molar-refractivity contribution >= 4 is 11.6 Å². The van der Waals surface area contributed by atoms with Crippen LogP contribution in [0.25, 0.3) is 0 Å². The highest BCUT2D eigenvalue weighted by atomic mass is 16.1. The highest BCUT2D eigenvalue weighted by molar-refractivity contribution is 5.92. The zero-order chi connectivity index (χ0) is 13.7. The summed E-state index contributed by atoms with van der Waals surface area (Å²) in [6.45, 7) is 5.05. The van der Waals surface area contributed by atoms with Crippen LogP contribution >= 0.6 is 0 Å². The van der Waals surface area contributed by atoms with Crippen molar-refractivity contribution in [3.8, 4) is 0 Å². The number of hydrazine groups is 1. The Hall–Kier alpha value is -1.66. The van der Waals surface area contributed by atoms with Crippen LogP contribution in [0.5, 0.6) is 0 Å². The van der Waals surface area contributed by atoms with Gasteiger partial charge in [-0.3, -0.25) is 15.5 Å². The molecule has 0 aliphatic carbocycles. The largest absolute Gasteiger partial charge is 0.349 e. The maximum atomic E-state index is 11.9. The Kier molecular flexibility index (Phi) is 4.70. The summed E-state index contributed by atoms with van der Waals surface area (Å²) in [5.74, 6) is 5.10. The summed E-state index contributed by atoms with van der Waals surface area (Å²) in [7, 11) is 0. The number of hydrogen-bond donors (Lipinski definition) is 3. The van der Waals surface area contributed by atoms with Crippen LogP contribution in [0.1, 0.15) is 30.3 Å². The van der Waals surface area contributed by atoms with Crippen molar-refractivity contribution in [1.82, 2.24) is 15.2 Å². The Bertz CT molecular complexity index is 414. The molecule has 1 saturated heterocycles. The fraction of sp³-hybridized carbons (Fsp3) is 0.538. The summed E-state index contributed by atoms with van der Waals surface area (Å²) in [5, 5.41) is 2.92. The van der Waals surface area contributed by atoms with Gasteiger partial charge in [-0.25, -0.2) is 4.98 Å². The number of amides is 1. The molecule has 1 aromatic heterocycles. The van der Waals surface area contributed by atoms with Crippen LogP contribution in [0.3, 0.4) is 0 Å². The van der Waals surface area contributed by atoms with Crippen LogP contribution < -0.4 is 16.6 Å². The number of aromatic nitrogens is 1. The molecule has 1 aliphatic rings. The number of likely N-dealkylation sites (tertiary alicyclic amines) is 1. The van der Waals surface area contributed by atoms with E-state index in [1.807, 2.05) is 0 Å². The summed E-state index contributed by atoms with van der Waals surface area (Å²) >= 11 is 0. The van der Waals surface area contributed by atoms with Crippen LogP contribution in [0.2, 0.25) is 0 Å². The lowest BCUT2D eigenvalue weighted by atomic mass is 10.2. The lowest BCUT2D eigenvalue weighted by Gasteiger charge is -2.23. The average Bonchev–Trinajstić information content (AvgIpc) is 2.98. The highest BCUT2D eigenvalue weighted by Crippen LogP contribution is 2.11. The van der Waals surface area contributed by atoms with Crippen molar-refractivity contribution in [1.29, 1.82) is 0 Å². The molecule has 19 heavy (non-hydrogen) atoms. The SMILES string of the molecule is CC(CNC(=O)c1ccc(NN)cn1)N1CCCC1. The molecule has 104 valence electrons. The van der Waals surface area contributed by atoms with Crippen LogP contribution in [0.15, 0.2) is 18.3 Å². The Morgan fingerprint density at radius 1 is 1.47 bits per heavy atom. The molecule has 2 heterocycles. The van der Waals surface area contributed by atoms with Crippen molar-refractivity contribution in [2.75, 3.05) is 25.1 Å². The number of nitrogen functional groups attached to an aromatic ring is 1. The third kappa shape index (κ3) is 3.65. The average molecular weight is 263 g/mol. The smallest absolute Gasteiger partial charge is 0.269 e. The molecule has 4 N–H and O–H groups in total. The van der Waals surface area contributed by atoms with Gasteiger partial charge in [0.2, 0.25) is 0 Å². The molecule has 0 spiro atoms. The number of carbonyl (C=O) groups is 1. The van der Waals surface area contributed by atoms with E-state index >= 15 is 0 Å². The van der Waals surface area contributed by atoms with Gasteiger partial charge in [0.25, 0.3) is 5.91 Å². The van der Waals surface area contributed by atoms with E-state index in [-0.39, 0.29) is 5.91 Å². The molecule has 1 unspecified atom stereocenters. The number of carbonyl (C=O) groups excluding carboxylic acids is 1. The van der Waals surface area contributed by atoms with Gasteiger partial charge in [-0.1, -0.05) is 0 Å². The first-order valence-electron chi connectivity index (χ1n) is 6.65. The zero-order valence-electron chi connectivity index (χ0n) is 11.2.